The average Bonchev–Trinajstić information content (AvgIpc) is 2.37. The summed E-state index contributed by atoms with van der Waals surface area (Å²) in [6.45, 7) is 3.21. The maximum absolute atomic E-state index is 12.2. The molecule has 0 saturated heterocycles. The zero-order chi connectivity index (χ0) is 13.1. The van der Waals surface area contributed by atoms with Gasteiger partial charge >= 0.3 is 0 Å². The number of anilines is 1. The summed E-state index contributed by atoms with van der Waals surface area (Å²) in [5.74, 6) is 0.601. The van der Waals surface area contributed by atoms with Crippen LogP contribution in [0.3, 0.4) is 0 Å². The van der Waals surface area contributed by atoms with Gasteiger partial charge in [-0.3, -0.25) is 4.79 Å². The van der Waals surface area contributed by atoms with Crippen LogP contribution in [0.15, 0.2) is 18.2 Å². The van der Waals surface area contributed by atoms with E-state index in [1.54, 1.807) is 4.90 Å². The summed E-state index contributed by atoms with van der Waals surface area (Å²) in [6.07, 6.45) is 0. The Morgan fingerprint density at radius 1 is 1.61 bits per heavy atom. The van der Waals surface area contributed by atoms with Crippen LogP contribution in [-0.4, -0.2) is 38.8 Å². The predicted octanol–water partition coefficient (Wildman–Crippen LogP) is 0.694. The van der Waals surface area contributed by atoms with Crippen molar-refractivity contribution < 1.29 is 14.3 Å². The van der Waals surface area contributed by atoms with Gasteiger partial charge in [0, 0.05) is 7.11 Å². The first kappa shape index (κ1) is 12.9. The van der Waals surface area contributed by atoms with Crippen molar-refractivity contribution in [2.24, 2.45) is 5.73 Å². The highest BCUT2D eigenvalue weighted by atomic mass is 16.5. The van der Waals surface area contributed by atoms with Crippen molar-refractivity contribution in [2.45, 2.75) is 13.0 Å². The molecule has 0 aliphatic carbocycles. The predicted molar refractivity (Wildman–Crippen MR) is 68.9 cm³/mol. The van der Waals surface area contributed by atoms with E-state index >= 15 is 0 Å². The molecule has 2 rings (SSSR count). The quantitative estimate of drug-likeness (QED) is 0.857. The van der Waals surface area contributed by atoms with Crippen LogP contribution < -0.4 is 15.4 Å². The number of benzene rings is 1. The molecule has 1 aliphatic heterocycles. The first-order chi connectivity index (χ1) is 8.63. The third kappa shape index (κ3) is 2.47. The molecule has 0 spiro atoms. The molecular weight excluding hydrogens is 232 g/mol. The number of aryl methyl sites for hydroxylation is 1. The van der Waals surface area contributed by atoms with Gasteiger partial charge in [0.15, 0.2) is 0 Å². The highest BCUT2D eigenvalue weighted by Crippen LogP contribution is 2.32. The Balaban J connectivity index is 2.24. The SMILES string of the molecule is COCC(N)C(=O)N1CCOc2cc(C)ccc21. The normalized spacial score (nSPS) is 15.8. The average molecular weight is 250 g/mol. The summed E-state index contributed by atoms with van der Waals surface area (Å²) in [4.78, 5) is 13.9. The van der Waals surface area contributed by atoms with E-state index in [0.29, 0.717) is 13.2 Å². The highest BCUT2D eigenvalue weighted by molar-refractivity contribution is 5.98. The molecule has 1 aliphatic rings. The molecule has 2 N–H and O–H groups in total. The van der Waals surface area contributed by atoms with Gasteiger partial charge in [-0.15, -0.1) is 0 Å². The molecule has 1 aromatic rings. The summed E-state index contributed by atoms with van der Waals surface area (Å²) >= 11 is 0. The van der Waals surface area contributed by atoms with E-state index in [9.17, 15) is 4.79 Å². The fourth-order valence-electron chi connectivity index (χ4n) is 2.01. The Morgan fingerprint density at radius 2 is 2.39 bits per heavy atom. The van der Waals surface area contributed by atoms with E-state index in [4.69, 9.17) is 15.2 Å². The van der Waals surface area contributed by atoms with Crippen LogP contribution >= 0.6 is 0 Å². The first-order valence-electron chi connectivity index (χ1n) is 5.93. The molecule has 5 nitrogen and oxygen atoms in total. The molecule has 5 heteroatoms. The van der Waals surface area contributed by atoms with Crippen LogP contribution in [-0.2, 0) is 9.53 Å². The van der Waals surface area contributed by atoms with E-state index in [2.05, 4.69) is 0 Å². The number of nitrogens with two attached hydrogens (primary N) is 1. The lowest BCUT2D eigenvalue weighted by Crippen LogP contribution is -2.49. The largest absolute Gasteiger partial charge is 0.490 e. The number of amides is 1. The van der Waals surface area contributed by atoms with Gasteiger partial charge in [0.25, 0.3) is 0 Å². The number of fused-ring (bicyclic) bond motifs is 1. The number of ether oxygens (including phenoxy) is 2. The molecule has 0 aromatic heterocycles. The Morgan fingerprint density at radius 3 is 3.11 bits per heavy atom. The first-order valence-corrected chi connectivity index (χ1v) is 5.93. The molecule has 1 unspecified atom stereocenters. The Kier molecular flexibility index (Phi) is 3.84. The van der Waals surface area contributed by atoms with Crippen molar-refractivity contribution in [3.63, 3.8) is 0 Å². The summed E-state index contributed by atoms with van der Waals surface area (Å²) in [6, 6.07) is 5.13. The molecule has 0 radical (unpaired) electrons. The summed E-state index contributed by atoms with van der Waals surface area (Å²) in [5, 5.41) is 0. The number of carbonyl (C=O) groups is 1. The van der Waals surface area contributed by atoms with Gasteiger partial charge < -0.3 is 20.1 Å². The zero-order valence-corrected chi connectivity index (χ0v) is 10.7. The fraction of sp³-hybridized carbons (Fsp3) is 0.462. The number of rotatable bonds is 3. The van der Waals surface area contributed by atoms with E-state index < -0.39 is 6.04 Å². The van der Waals surface area contributed by atoms with Crippen LogP contribution in [0.2, 0.25) is 0 Å². The Labute approximate surface area is 106 Å². The van der Waals surface area contributed by atoms with Crippen molar-refractivity contribution >= 4 is 11.6 Å². The second-order valence-electron chi connectivity index (χ2n) is 4.37. The standard InChI is InChI=1S/C13H18N2O3/c1-9-3-4-11-12(7-9)18-6-5-15(11)13(16)10(14)8-17-2/h3-4,7,10H,5-6,8,14H2,1-2H3. The van der Waals surface area contributed by atoms with Crippen molar-refractivity contribution in [3.8, 4) is 5.75 Å². The monoisotopic (exact) mass is 250 g/mol. The van der Waals surface area contributed by atoms with Gasteiger partial charge in [0.1, 0.15) is 18.4 Å². The fourth-order valence-corrected chi connectivity index (χ4v) is 2.01. The van der Waals surface area contributed by atoms with Crippen molar-refractivity contribution in [2.75, 3.05) is 31.8 Å². The number of methoxy groups -OCH3 is 1. The van der Waals surface area contributed by atoms with Crippen LogP contribution in [0.4, 0.5) is 5.69 Å². The van der Waals surface area contributed by atoms with Crippen LogP contribution in [0, 0.1) is 6.92 Å². The number of hydrogen-bond acceptors (Lipinski definition) is 4. The van der Waals surface area contributed by atoms with Gasteiger partial charge in [-0.1, -0.05) is 6.07 Å². The van der Waals surface area contributed by atoms with Crippen molar-refractivity contribution in [1.82, 2.24) is 0 Å². The maximum Gasteiger partial charge on any atom is 0.246 e. The molecule has 0 saturated carbocycles. The van der Waals surface area contributed by atoms with Gasteiger partial charge in [-0.25, -0.2) is 0 Å². The van der Waals surface area contributed by atoms with E-state index in [1.807, 2.05) is 25.1 Å². The van der Waals surface area contributed by atoms with Gasteiger partial charge in [0.05, 0.1) is 18.8 Å². The smallest absolute Gasteiger partial charge is 0.246 e. The molecule has 0 fully saturated rings. The van der Waals surface area contributed by atoms with Crippen LogP contribution in [0.5, 0.6) is 5.75 Å². The zero-order valence-electron chi connectivity index (χ0n) is 10.7. The maximum atomic E-state index is 12.2. The molecule has 1 atom stereocenters. The van der Waals surface area contributed by atoms with Crippen LogP contribution in [0.1, 0.15) is 5.56 Å². The van der Waals surface area contributed by atoms with Crippen molar-refractivity contribution in [3.05, 3.63) is 23.8 Å². The van der Waals surface area contributed by atoms with Gasteiger partial charge in [-0.2, -0.15) is 0 Å². The number of carbonyl (C=O) groups excluding carboxylic acids is 1. The highest BCUT2D eigenvalue weighted by Gasteiger charge is 2.27. The second kappa shape index (κ2) is 5.37. The molecule has 0 bridgehead atoms. The molecule has 18 heavy (non-hydrogen) atoms. The van der Waals surface area contributed by atoms with Gasteiger partial charge in [0.2, 0.25) is 5.91 Å². The number of hydrogen-bond donors (Lipinski definition) is 1. The van der Waals surface area contributed by atoms with E-state index in [1.165, 1.54) is 7.11 Å². The third-order valence-corrected chi connectivity index (χ3v) is 2.91. The minimum atomic E-state index is -0.637. The van der Waals surface area contributed by atoms with Crippen molar-refractivity contribution in [1.29, 1.82) is 0 Å². The third-order valence-electron chi connectivity index (χ3n) is 2.91. The molecule has 98 valence electrons. The molecular formula is C13H18N2O3. The lowest BCUT2D eigenvalue weighted by atomic mass is 10.1. The van der Waals surface area contributed by atoms with E-state index in [-0.39, 0.29) is 12.5 Å². The minimum Gasteiger partial charge on any atom is -0.490 e. The topological polar surface area (TPSA) is 64.8 Å². The second-order valence-corrected chi connectivity index (χ2v) is 4.37. The Bertz CT molecular complexity index is 448. The Hall–Kier alpha value is -1.59. The molecule has 1 amide bonds. The van der Waals surface area contributed by atoms with Gasteiger partial charge in [-0.05, 0) is 24.6 Å². The lowest BCUT2D eigenvalue weighted by Gasteiger charge is -2.31. The van der Waals surface area contributed by atoms with Crippen LogP contribution in [0.25, 0.3) is 0 Å². The summed E-state index contributed by atoms with van der Waals surface area (Å²) in [7, 11) is 1.53. The molecule has 1 heterocycles. The summed E-state index contributed by atoms with van der Waals surface area (Å²) in [5.41, 5.74) is 7.67. The minimum absolute atomic E-state index is 0.134. The van der Waals surface area contributed by atoms with E-state index in [0.717, 1.165) is 17.0 Å². The molecule has 1 aromatic carbocycles. The lowest BCUT2D eigenvalue weighted by molar-refractivity contribution is -0.121. The number of nitrogens with zero attached hydrogens (tertiary/aromatic N) is 1. The summed E-state index contributed by atoms with van der Waals surface area (Å²) < 4.78 is 10.5.